The minimum absolute atomic E-state index is 0.187. The number of ether oxygens (including phenoxy) is 1. The Morgan fingerprint density at radius 1 is 1.24 bits per heavy atom. The van der Waals surface area contributed by atoms with Crippen molar-refractivity contribution in [2.75, 3.05) is 6.54 Å². The van der Waals surface area contributed by atoms with Crippen LogP contribution in [-0.4, -0.2) is 12.9 Å². The predicted octanol–water partition coefficient (Wildman–Crippen LogP) is 3.11. The average molecular weight is 247 g/mol. The Hall–Kier alpha value is -1.23. The van der Waals surface area contributed by atoms with E-state index in [0.717, 1.165) is 18.4 Å². The maximum absolute atomic E-state index is 11.9. The van der Waals surface area contributed by atoms with E-state index in [1.807, 2.05) is 6.92 Å². The topological polar surface area (TPSA) is 35.2 Å². The summed E-state index contributed by atoms with van der Waals surface area (Å²) in [5, 5.41) is 0. The maximum Gasteiger partial charge on any atom is 0.573 e. The van der Waals surface area contributed by atoms with Crippen LogP contribution < -0.4 is 10.5 Å². The summed E-state index contributed by atoms with van der Waals surface area (Å²) >= 11 is 0. The second kappa shape index (κ2) is 5.91. The molecule has 1 aromatic carbocycles. The summed E-state index contributed by atoms with van der Waals surface area (Å²) in [5.74, 6) is 0.231. The fourth-order valence-corrected chi connectivity index (χ4v) is 1.39. The van der Waals surface area contributed by atoms with Crippen LogP contribution in [-0.2, 0) is 6.42 Å². The minimum atomic E-state index is -4.63. The van der Waals surface area contributed by atoms with Gasteiger partial charge in [-0.1, -0.05) is 19.1 Å². The van der Waals surface area contributed by atoms with Crippen molar-refractivity contribution in [3.63, 3.8) is 0 Å². The molecule has 0 aliphatic rings. The molecule has 5 heteroatoms. The predicted molar refractivity (Wildman–Crippen MR) is 59.7 cm³/mol. The van der Waals surface area contributed by atoms with Gasteiger partial charge < -0.3 is 10.5 Å². The molecular formula is C12H16F3NO. The molecule has 17 heavy (non-hydrogen) atoms. The summed E-state index contributed by atoms with van der Waals surface area (Å²) in [4.78, 5) is 0. The minimum Gasteiger partial charge on any atom is -0.406 e. The first kappa shape index (κ1) is 13.8. The van der Waals surface area contributed by atoms with E-state index in [-0.39, 0.29) is 5.75 Å². The van der Waals surface area contributed by atoms with Crippen molar-refractivity contribution < 1.29 is 17.9 Å². The van der Waals surface area contributed by atoms with Crippen molar-refractivity contribution in [2.45, 2.75) is 26.1 Å². The molecule has 0 bridgehead atoms. The molecule has 1 aromatic rings. The number of hydrogen-bond acceptors (Lipinski definition) is 2. The first-order valence-electron chi connectivity index (χ1n) is 5.45. The van der Waals surface area contributed by atoms with Crippen LogP contribution >= 0.6 is 0 Å². The molecule has 0 saturated carbocycles. The molecule has 0 aromatic heterocycles. The highest BCUT2D eigenvalue weighted by molar-refractivity contribution is 5.27. The Labute approximate surface area is 98.6 Å². The van der Waals surface area contributed by atoms with E-state index in [1.165, 1.54) is 12.1 Å². The van der Waals surface area contributed by atoms with E-state index in [0.29, 0.717) is 12.5 Å². The quantitative estimate of drug-likeness (QED) is 0.867. The highest BCUT2D eigenvalue weighted by Crippen LogP contribution is 2.23. The number of alkyl halides is 3. The van der Waals surface area contributed by atoms with Crippen molar-refractivity contribution in [1.29, 1.82) is 0 Å². The van der Waals surface area contributed by atoms with Gasteiger partial charge in [-0.25, -0.2) is 0 Å². The molecule has 0 aliphatic heterocycles. The van der Waals surface area contributed by atoms with Crippen LogP contribution in [0, 0.1) is 5.92 Å². The zero-order chi connectivity index (χ0) is 12.9. The molecule has 96 valence electrons. The van der Waals surface area contributed by atoms with Crippen LogP contribution in [0.3, 0.4) is 0 Å². The number of hydrogen-bond donors (Lipinski definition) is 1. The third kappa shape index (κ3) is 5.58. The van der Waals surface area contributed by atoms with Gasteiger partial charge in [0.2, 0.25) is 0 Å². The second-order valence-corrected chi connectivity index (χ2v) is 4.07. The van der Waals surface area contributed by atoms with Gasteiger partial charge >= 0.3 is 6.36 Å². The molecule has 2 N–H and O–H groups in total. The van der Waals surface area contributed by atoms with Gasteiger partial charge in [0.1, 0.15) is 5.75 Å². The standard InChI is InChI=1S/C12H16F3NO/c1-9(8-16)2-3-10-4-6-11(7-5-10)17-12(13,14)15/h4-7,9H,2-3,8,16H2,1H3. The largest absolute Gasteiger partial charge is 0.573 e. The number of nitrogens with two attached hydrogens (primary N) is 1. The Morgan fingerprint density at radius 3 is 2.29 bits per heavy atom. The Balaban J connectivity index is 2.50. The van der Waals surface area contributed by atoms with Crippen molar-refractivity contribution in [3.8, 4) is 5.75 Å². The molecule has 0 saturated heterocycles. The van der Waals surface area contributed by atoms with Crippen molar-refractivity contribution in [1.82, 2.24) is 0 Å². The van der Waals surface area contributed by atoms with Crippen molar-refractivity contribution in [3.05, 3.63) is 29.8 Å². The van der Waals surface area contributed by atoms with Crippen molar-refractivity contribution >= 4 is 0 Å². The van der Waals surface area contributed by atoms with Crippen LogP contribution in [0.1, 0.15) is 18.9 Å². The van der Waals surface area contributed by atoms with Gasteiger partial charge in [0.25, 0.3) is 0 Å². The van der Waals surface area contributed by atoms with E-state index < -0.39 is 6.36 Å². The second-order valence-electron chi connectivity index (χ2n) is 4.07. The lowest BCUT2D eigenvalue weighted by Crippen LogP contribution is -2.17. The van der Waals surface area contributed by atoms with Crippen LogP contribution in [0.4, 0.5) is 13.2 Å². The maximum atomic E-state index is 11.9. The van der Waals surface area contributed by atoms with Crippen molar-refractivity contribution in [2.24, 2.45) is 11.7 Å². The van der Waals surface area contributed by atoms with Crippen LogP contribution in [0.15, 0.2) is 24.3 Å². The first-order chi connectivity index (χ1) is 7.90. The zero-order valence-electron chi connectivity index (χ0n) is 9.63. The highest BCUT2D eigenvalue weighted by Gasteiger charge is 2.30. The van der Waals surface area contributed by atoms with Crippen LogP contribution in [0.2, 0.25) is 0 Å². The lowest BCUT2D eigenvalue weighted by Gasteiger charge is -2.10. The van der Waals surface area contributed by atoms with Crippen LogP contribution in [0.5, 0.6) is 5.75 Å². The van der Waals surface area contributed by atoms with Gasteiger partial charge in [0, 0.05) is 0 Å². The fraction of sp³-hybridized carbons (Fsp3) is 0.500. The number of aryl methyl sites for hydroxylation is 1. The summed E-state index contributed by atoms with van der Waals surface area (Å²) in [6.45, 7) is 2.66. The summed E-state index contributed by atoms with van der Waals surface area (Å²) in [6, 6.07) is 5.94. The van der Waals surface area contributed by atoms with E-state index in [9.17, 15) is 13.2 Å². The Kier molecular flexibility index (Phi) is 4.81. The lowest BCUT2D eigenvalue weighted by atomic mass is 10.0. The average Bonchev–Trinajstić information content (AvgIpc) is 2.25. The summed E-state index contributed by atoms with van der Waals surface area (Å²) < 4.78 is 39.5. The molecule has 0 aliphatic carbocycles. The zero-order valence-corrected chi connectivity index (χ0v) is 9.63. The van der Waals surface area contributed by atoms with Gasteiger partial charge in [-0.15, -0.1) is 13.2 Å². The highest BCUT2D eigenvalue weighted by atomic mass is 19.4. The molecule has 0 fully saturated rings. The molecule has 1 unspecified atom stereocenters. The molecule has 0 spiro atoms. The molecule has 0 radical (unpaired) electrons. The third-order valence-corrected chi connectivity index (χ3v) is 2.49. The Morgan fingerprint density at radius 2 is 1.82 bits per heavy atom. The molecular weight excluding hydrogens is 231 g/mol. The molecule has 1 atom stereocenters. The van der Waals surface area contributed by atoms with Crippen LogP contribution in [0.25, 0.3) is 0 Å². The van der Waals surface area contributed by atoms with E-state index in [2.05, 4.69) is 4.74 Å². The van der Waals surface area contributed by atoms with Gasteiger partial charge in [0.15, 0.2) is 0 Å². The van der Waals surface area contributed by atoms with E-state index in [4.69, 9.17) is 5.73 Å². The third-order valence-electron chi connectivity index (χ3n) is 2.49. The number of benzene rings is 1. The van der Waals surface area contributed by atoms with Gasteiger partial charge in [0.05, 0.1) is 0 Å². The monoisotopic (exact) mass is 247 g/mol. The molecule has 0 heterocycles. The Bertz CT molecular complexity index is 335. The van der Waals surface area contributed by atoms with Gasteiger partial charge in [-0.3, -0.25) is 0 Å². The number of rotatable bonds is 5. The smallest absolute Gasteiger partial charge is 0.406 e. The van der Waals surface area contributed by atoms with E-state index in [1.54, 1.807) is 12.1 Å². The lowest BCUT2D eigenvalue weighted by molar-refractivity contribution is -0.274. The first-order valence-corrected chi connectivity index (χ1v) is 5.45. The fourth-order valence-electron chi connectivity index (χ4n) is 1.39. The number of halogens is 3. The SMILES string of the molecule is CC(CN)CCc1ccc(OC(F)(F)F)cc1. The molecule has 1 rings (SSSR count). The molecule has 2 nitrogen and oxygen atoms in total. The van der Waals surface area contributed by atoms with Gasteiger partial charge in [-0.2, -0.15) is 0 Å². The summed E-state index contributed by atoms with van der Waals surface area (Å²) in [7, 11) is 0. The summed E-state index contributed by atoms with van der Waals surface area (Å²) in [5.41, 5.74) is 6.47. The van der Waals surface area contributed by atoms with E-state index >= 15 is 0 Å². The summed E-state index contributed by atoms with van der Waals surface area (Å²) in [6.07, 6.45) is -2.89. The molecule has 0 amide bonds. The van der Waals surface area contributed by atoms with Gasteiger partial charge in [-0.05, 0) is 43.0 Å². The normalized spacial score (nSPS) is 13.5.